The number of halogens is 1. The second-order valence-corrected chi connectivity index (χ2v) is 7.18. The Bertz CT molecular complexity index is 935. The van der Waals surface area contributed by atoms with Crippen molar-refractivity contribution in [3.63, 3.8) is 0 Å². The summed E-state index contributed by atoms with van der Waals surface area (Å²) in [6, 6.07) is 10.3. The molecule has 0 fully saturated rings. The maximum atomic E-state index is 12.6. The number of ether oxygens (including phenoxy) is 1. The molecule has 2 N–H and O–H groups in total. The van der Waals surface area contributed by atoms with Crippen LogP contribution in [0.5, 0.6) is 5.75 Å². The summed E-state index contributed by atoms with van der Waals surface area (Å²) in [5.74, 6) is 2.35. The number of nitrogens with one attached hydrogen (secondary N) is 2. The van der Waals surface area contributed by atoms with Gasteiger partial charge in [-0.2, -0.15) is 0 Å². The number of hydrogen-bond donors (Lipinski definition) is 2. The van der Waals surface area contributed by atoms with E-state index in [-0.39, 0.29) is 22.0 Å². The fourth-order valence-electron chi connectivity index (χ4n) is 2.07. The summed E-state index contributed by atoms with van der Waals surface area (Å²) >= 11 is 5.99. The number of benzene rings is 2. The van der Waals surface area contributed by atoms with E-state index in [4.69, 9.17) is 22.8 Å². The van der Waals surface area contributed by atoms with Crippen LogP contribution in [0.2, 0.25) is 5.02 Å². The lowest BCUT2D eigenvalue weighted by Gasteiger charge is -2.11. The molecule has 2 aromatic carbocycles. The molecule has 1 amide bonds. The third-order valence-corrected chi connectivity index (χ3v) is 4.97. The minimum Gasteiger partial charge on any atom is -0.494 e. The molecule has 2 aromatic rings. The lowest BCUT2D eigenvalue weighted by molar-refractivity contribution is 0.0958. The van der Waals surface area contributed by atoms with Crippen molar-refractivity contribution in [1.82, 2.24) is 5.32 Å². The largest absolute Gasteiger partial charge is 0.494 e. The second kappa shape index (κ2) is 8.61. The molecule has 6 nitrogen and oxygen atoms in total. The first kappa shape index (κ1) is 19.6. The van der Waals surface area contributed by atoms with Gasteiger partial charge in [-0.1, -0.05) is 17.5 Å². The van der Waals surface area contributed by atoms with Crippen LogP contribution in [0.3, 0.4) is 0 Å². The lowest BCUT2D eigenvalue weighted by atomic mass is 10.2. The molecule has 0 aromatic heterocycles. The molecule has 0 saturated carbocycles. The van der Waals surface area contributed by atoms with Crippen LogP contribution in [-0.2, 0) is 10.0 Å². The zero-order valence-electron chi connectivity index (χ0n) is 14.0. The van der Waals surface area contributed by atoms with Gasteiger partial charge in [-0.05, 0) is 49.4 Å². The van der Waals surface area contributed by atoms with Crippen molar-refractivity contribution in [1.29, 1.82) is 0 Å². The first-order chi connectivity index (χ1) is 12.4. The standard InChI is InChI=1S/C18H17ClN2O4S/c1-3-11-20-18(22)16-12-15(9-10-17(16)19)26(23,24)21-13-5-7-14(8-6-13)25-4-2/h1,5-10,12,21H,4,11H2,2H3,(H,20,22). The molecule has 0 bridgehead atoms. The molecule has 136 valence electrons. The number of rotatable bonds is 7. The smallest absolute Gasteiger partial charge is 0.261 e. The molecule has 0 saturated heterocycles. The van der Waals surface area contributed by atoms with Crippen molar-refractivity contribution in [3.05, 3.63) is 53.1 Å². The van der Waals surface area contributed by atoms with Crippen molar-refractivity contribution < 1.29 is 17.9 Å². The van der Waals surface area contributed by atoms with Gasteiger partial charge in [0.05, 0.1) is 28.6 Å². The van der Waals surface area contributed by atoms with E-state index in [1.807, 2.05) is 6.92 Å². The first-order valence-corrected chi connectivity index (χ1v) is 9.50. The predicted octanol–water partition coefficient (Wildman–Crippen LogP) is 2.90. The summed E-state index contributed by atoms with van der Waals surface area (Å²) in [6.07, 6.45) is 5.10. The summed E-state index contributed by atoms with van der Waals surface area (Å²) in [5.41, 5.74) is 0.387. The van der Waals surface area contributed by atoms with Gasteiger partial charge in [0.25, 0.3) is 15.9 Å². The van der Waals surface area contributed by atoms with Gasteiger partial charge in [0.2, 0.25) is 0 Å². The number of carbonyl (C=O) groups excluding carboxylic acids is 1. The number of anilines is 1. The van der Waals surface area contributed by atoms with Crippen LogP contribution in [0.1, 0.15) is 17.3 Å². The van der Waals surface area contributed by atoms with E-state index in [0.29, 0.717) is 18.0 Å². The summed E-state index contributed by atoms with van der Waals surface area (Å²) in [5, 5.41) is 2.57. The molecule has 0 radical (unpaired) electrons. The Morgan fingerprint density at radius 1 is 1.23 bits per heavy atom. The third-order valence-electron chi connectivity index (χ3n) is 3.26. The minimum atomic E-state index is -3.90. The van der Waals surface area contributed by atoms with Gasteiger partial charge >= 0.3 is 0 Å². The minimum absolute atomic E-state index is 0.0105. The van der Waals surface area contributed by atoms with E-state index in [2.05, 4.69) is 16.0 Å². The summed E-state index contributed by atoms with van der Waals surface area (Å²) in [7, 11) is -3.90. The number of hydrogen-bond acceptors (Lipinski definition) is 4. The highest BCUT2D eigenvalue weighted by molar-refractivity contribution is 7.92. The Hall–Kier alpha value is -2.69. The molecule has 0 aliphatic rings. The number of sulfonamides is 1. The van der Waals surface area contributed by atoms with Crippen molar-refractivity contribution in [2.45, 2.75) is 11.8 Å². The van der Waals surface area contributed by atoms with Crippen LogP contribution < -0.4 is 14.8 Å². The average molecular weight is 393 g/mol. The van der Waals surface area contributed by atoms with Crippen LogP contribution >= 0.6 is 11.6 Å². The highest BCUT2D eigenvalue weighted by Gasteiger charge is 2.19. The molecule has 2 rings (SSSR count). The monoisotopic (exact) mass is 392 g/mol. The van der Waals surface area contributed by atoms with E-state index in [9.17, 15) is 13.2 Å². The normalized spacial score (nSPS) is 10.7. The Kier molecular flexibility index (Phi) is 6.50. The highest BCUT2D eigenvalue weighted by atomic mass is 35.5. The fraction of sp³-hybridized carbons (Fsp3) is 0.167. The van der Waals surface area contributed by atoms with E-state index in [0.717, 1.165) is 0 Å². The maximum absolute atomic E-state index is 12.6. The van der Waals surface area contributed by atoms with Crippen LogP contribution in [0.15, 0.2) is 47.4 Å². The molecule has 8 heteroatoms. The Morgan fingerprint density at radius 2 is 1.92 bits per heavy atom. The SMILES string of the molecule is C#CCNC(=O)c1cc(S(=O)(=O)Nc2ccc(OCC)cc2)ccc1Cl. The predicted molar refractivity (Wildman–Crippen MR) is 101 cm³/mol. The number of carbonyl (C=O) groups is 1. The third kappa shape index (κ3) is 4.91. The van der Waals surface area contributed by atoms with E-state index >= 15 is 0 Å². The van der Waals surface area contributed by atoms with Crippen LogP contribution in [-0.4, -0.2) is 27.5 Å². The summed E-state index contributed by atoms with van der Waals surface area (Å²) < 4.78 is 32.9. The lowest BCUT2D eigenvalue weighted by Crippen LogP contribution is -2.24. The molecule has 0 atom stereocenters. The van der Waals surface area contributed by atoms with E-state index in [1.54, 1.807) is 24.3 Å². The molecule has 0 aliphatic heterocycles. The van der Waals surface area contributed by atoms with Gasteiger partial charge in [0.1, 0.15) is 5.75 Å². The first-order valence-electron chi connectivity index (χ1n) is 7.64. The van der Waals surface area contributed by atoms with Crippen LogP contribution in [0, 0.1) is 12.3 Å². The molecule has 26 heavy (non-hydrogen) atoms. The fourth-order valence-corrected chi connectivity index (χ4v) is 3.36. The van der Waals surface area contributed by atoms with Crippen molar-refractivity contribution in [3.8, 4) is 18.1 Å². The second-order valence-electron chi connectivity index (χ2n) is 5.09. The molecular formula is C18H17ClN2O4S. The van der Waals surface area contributed by atoms with E-state index in [1.165, 1.54) is 18.2 Å². The average Bonchev–Trinajstić information content (AvgIpc) is 2.61. The molecular weight excluding hydrogens is 376 g/mol. The molecule has 0 aliphatic carbocycles. The van der Waals surface area contributed by atoms with Gasteiger partial charge in [-0.15, -0.1) is 6.42 Å². The zero-order valence-corrected chi connectivity index (χ0v) is 15.5. The van der Waals surface area contributed by atoms with Crippen LogP contribution in [0.4, 0.5) is 5.69 Å². The Balaban J connectivity index is 2.25. The molecule has 0 heterocycles. The van der Waals surface area contributed by atoms with Gasteiger partial charge in [0, 0.05) is 5.69 Å². The van der Waals surface area contributed by atoms with Crippen molar-refractivity contribution >= 4 is 33.2 Å². The maximum Gasteiger partial charge on any atom is 0.261 e. The molecule has 0 unspecified atom stereocenters. The van der Waals surface area contributed by atoms with E-state index < -0.39 is 15.9 Å². The van der Waals surface area contributed by atoms with Crippen molar-refractivity contribution in [2.75, 3.05) is 17.9 Å². The van der Waals surface area contributed by atoms with Gasteiger partial charge < -0.3 is 10.1 Å². The Morgan fingerprint density at radius 3 is 2.54 bits per heavy atom. The number of amides is 1. The van der Waals surface area contributed by atoms with Gasteiger partial charge in [-0.3, -0.25) is 9.52 Å². The Labute approximate surface area is 157 Å². The molecule has 0 spiro atoms. The summed E-state index contributed by atoms with van der Waals surface area (Å²) in [4.78, 5) is 11.9. The highest BCUT2D eigenvalue weighted by Crippen LogP contribution is 2.23. The van der Waals surface area contributed by atoms with Crippen LogP contribution in [0.25, 0.3) is 0 Å². The van der Waals surface area contributed by atoms with Gasteiger partial charge in [-0.25, -0.2) is 8.42 Å². The van der Waals surface area contributed by atoms with Gasteiger partial charge in [0.15, 0.2) is 0 Å². The van der Waals surface area contributed by atoms with Crippen molar-refractivity contribution in [2.24, 2.45) is 0 Å². The topological polar surface area (TPSA) is 84.5 Å². The quantitative estimate of drug-likeness (QED) is 0.709. The summed E-state index contributed by atoms with van der Waals surface area (Å²) in [6.45, 7) is 2.38. The zero-order chi connectivity index (χ0) is 19.2. The number of terminal acetylenes is 1.